The standard InChI is InChI=1S/C20H13FN2O3/c21-17-9-7-14(8-10-17)19-22-18(26-23-19)12-25-20(24)16-6-5-13-3-1-2-4-15(13)11-16/h1-11H,12H2. The largest absolute Gasteiger partial charge is 0.452 e. The number of aromatic nitrogens is 2. The number of benzene rings is 3. The van der Waals surface area contributed by atoms with Crippen LogP contribution in [-0.4, -0.2) is 16.1 Å². The molecule has 0 aliphatic rings. The van der Waals surface area contributed by atoms with Crippen molar-refractivity contribution in [3.63, 3.8) is 0 Å². The number of hydrogen-bond acceptors (Lipinski definition) is 5. The summed E-state index contributed by atoms with van der Waals surface area (Å²) >= 11 is 0. The topological polar surface area (TPSA) is 65.2 Å². The van der Waals surface area contributed by atoms with E-state index in [0.29, 0.717) is 17.0 Å². The van der Waals surface area contributed by atoms with Gasteiger partial charge in [-0.1, -0.05) is 35.5 Å². The van der Waals surface area contributed by atoms with Crippen molar-refractivity contribution in [2.45, 2.75) is 6.61 Å². The molecule has 0 N–H and O–H groups in total. The number of carbonyl (C=O) groups excluding carboxylic acids is 1. The third-order valence-electron chi connectivity index (χ3n) is 3.88. The molecule has 0 amide bonds. The van der Waals surface area contributed by atoms with Crippen LogP contribution < -0.4 is 0 Å². The highest BCUT2D eigenvalue weighted by Crippen LogP contribution is 2.18. The van der Waals surface area contributed by atoms with Crippen molar-refractivity contribution in [2.75, 3.05) is 0 Å². The van der Waals surface area contributed by atoms with Crippen molar-refractivity contribution >= 4 is 16.7 Å². The minimum atomic E-state index is -0.475. The van der Waals surface area contributed by atoms with Gasteiger partial charge in [0.05, 0.1) is 5.56 Å². The first-order chi connectivity index (χ1) is 12.7. The van der Waals surface area contributed by atoms with Crippen LogP contribution in [0.4, 0.5) is 4.39 Å². The quantitative estimate of drug-likeness (QED) is 0.512. The molecule has 0 fully saturated rings. The lowest BCUT2D eigenvalue weighted by atomic mass is 10.1. The Labute approximate surface area is 148 Å². The molecule has 3 aromatic carbocycles. The van der Waals surface area contributed by atoms with Crippen molar-refractivity contribution in [1.82, 2.24) is 10.1 Å². The summed E-state index contributed by atoms with van der Waals surface area (Å²) in [4.78, 5) is 16.4. The Balaban J connectivity index is 1.45. The molecule has 26 heavy (non-hydrogen) atoms. The third kappa shape index (κ3) is 3.30. The minimum Gasteiger partial charge on any atom is -0.452 e. The Morgan fingerprint density at radius 2 is 1.77 bits per heavy atom. The van der Waals surface area contributed by atoms with Crippen molar-refractivity contribution in [2.24, 2.45) is 0 Å². The first-order valence-corrected chi connectivity index (χ1v) is 7.93. The number of rotatable bonds is 4. The molecule has 0 atom stereocenters. The maximum atomic E-state index is 13.0. The molecule has 0 bridgehead atoms. The van der Waals surface area contributed by atoms with Crippen LogP contribution in [0.5, 0.6) is 0 Å². The summed E-state index contributed by atoms with van der Waals surface area (Å²) < 4.78 is 23.3. The first kappa shape index (κ1) is 16.0. The normalized spacial score (nSPS) is 10.8. The summed E-state index contributed by atoms with van der Waals surface area (Å²) in [6.07, 6.45) is 0. The predicted octanol–water partition coefficient (Wildman–Crippen LogP) is 4.39. The van der Waals surface area contributed by atoms with Gasteiger partial charge < -0.3 is 9.26 Å². The average Bonchev–Trinajstić information content (AvgIpc) is 3.15. The van der Waals surface area contributed by atoms with Gasteiger partial charge in [-0.15, -0.1) is 0 Å². The SMILES string of the molecule is O=C(OCc1nc(-c2ccc(F)cc2)no1)c1ccc2ccccc2c1. The number of ether oxygens (including phenoxy) is 1. The molecule has 1 heterocycles. The van der Waals surface area contributed by atoms with E-state index in [1.807, 2.05) is 30.3 Å². The molecule has 1 aromatic heterocycles. The monoisotopic (exact) mass is 348 g/mol. The highest BCUT2D eigenvalue weighted by Gasteiger charge is 2.13. The summed E-state index contributed by atoms with van der Waals surface area (Å²) in [6.45, 7) is -0.139. The summed E-state index contributed by atoms with van der Waals surface area (Å²) in [7, 11) is 0. The van der Waals surface area contributed by atoms with Gasteiger partial charge in [-0.05, 0) is 47.2 Å². The molecule has 6 heteroatoms. The highest BCUT2D eigenvalue weighted by molar-refractivity contribution is 5.95. The number of esters is 1. The van der Waals surface area contributed by atoms with E-state index in [-0.39, 0.29) is 18.3 Å². The molecule has 5 nitrogen and oxygen atoms in total. The molecule has 128 valence electrons. The first-order valence-electron chi connectivity index (χ1n) is 7.93. The number of carbonyl (C=O) groups is 1. The van der Waals surface area contributed by atoms with Crippen LogP contribution in [0.2, 0.25) is 0 Å². The average molecular weight is 348 g/mol. The lowest BCUT2D eigenvalue weighted by Crippen LogP contribution is -2.05. The Morgan fingerprint density at radius 1 is 1.00 bits per heavy atom. The predicted molar refractivity (Wildman–Crippen MR) is 92.8 cm³/mol. The maximum absolute atomic E-state index is 13.0. The van der Waals surface area contributed by atoms with Gasteiger partial charge in [0.25, 0.3) is 5.89 Å². The van der Waals surface area contributed by atoms with Crippen LogP contribution in [0.25, 0.3) is 22.2 Å². The van der Waals surface area contributed by atoms with E-state index in [0.717, 1.165) is 10.8 Å². The van der Waals surface area contributed by atoms with E-state index < -0.39 is 5.97 Å². The van der Waals surface area contributed by atoms with E-state index in [2.05, 4.69) is 10.1 Å². The van der Waals surface area contributed by atoms with Gasteiger partial charge in [-0.25, -0.2) is 9.18 Å². The Bertz CT molecular complexity index is 1070. The maximum Gasteiger partial charge on any atom is 0.338 e. The van der Waals surface area contributed by atoms with E-state index >= 15 is 0 Å². The van der Waals surface area contributed by atoms with Crippen LogP contribution >= 0.6 is 0 Å². The van der Waals surface area contributed by atoms with Gasteiger partial charge in [0, 0.05) is 5.56 Å². The smallest absolute Gasteiger partial charge is 0.338 e. The Kier molecular flexibility index (Phi) is 4.15. The molecule has 0 radical (unpaired) electrons. The van der Waals surface area contributed by atoms with Gasteiger partial charge in [0.1, 0.15) is 5.82 Å². The summed E-state index contributed by atoms with van der Waals surface area (Å²) in [5.74, 6) is -0.348. The molecule has 0 spiro atoms. The van der Waals surface area contributed by atoms with Crippen LogP contribution in [0.15, 0.2) is 71.3 Å². The van der Waals surface area contributed by atoms with Crippen LogP contribution in [-0.2, 0) is 11.3 Å². The fourth-order valence-corrected chi connectivity index (χ4v) is 2.56. The van der Waals surface area contributed by atoms with Crippen molar-refractivity contribution < 1.29 is 18.4 Å². The van der Waals surface area contributed by atoms with E-state index in [1.54, 1.807) is 24.3 Å². The second-order valence-electron chi connectivity index (χ2n) is 5.66. The van der Waals surface area contributed by atoms with Gasteiger partial charge in [0.2, 0.25) is 5.82 Å². The lowest BCUT2D eigenvalue weighted by Gasteiger charge is -2.03. The molecular weight excluding hydrogens is 335 g/mol. The van der Waals surface area contributed by atoms with Crippen molar-refractivity contribution in [1.29, 1.82) is 0 Å². The molecule has 0 saturated heterocycles. The number of fused-ring (bicyclic) bond motifs is 1. The fraction of sp³-hybridized carbons (Fsp3) is 0.0500. The van der Waals surface area contributed by atoms with E-state index in [1.165, 1.54) is 12.1 Å². The molecule has 0 aliphatic carbocycles. The second kappa shape index (κ2) is 6.76. The zero-order valence-corrected chi connectivity index (χ0v) is 13.6. The molecular formula is C20H13FN2O3. The van der Waals surface area contributed by atoms with Gasteiger partial charge in [-0.3, -0.25) is 0 Å². The molecule has 0 unspecified atom stereocenters. The Hall–Kier alpha value is -3.54. The number of halogens is 1. The zero-order valence-electron chi connectivity index (χ0n) is 13.6. The van der Waals surface area contributed by atoms with E-state index in [9.17, 15) is 9.18 Å². The molecule has 4 aromatic rings. The Morgan fingerprint density at radius 3 is 2.58 bits per heavy atom. The zero-order chi connectivity index (χ0) is 17.9. The van der Waals surface area contributed by atoms with Crippen LogP contribution in [0.3, 0.4) is 0 Å². The summed E-state index contributed by atoms with van der Waals surface area (Å²) in [5, 5.41) is 5.81. The van der Waals surface area contributed by atoms with E-state index in [4.69, 9.17) is 9.26 Å². The van der Waals surface area contributed by atoms with Crippen molar-refractivity contribution in [3.8, 4) is 11.4 Å². The minimum absolute atomic E-state index is 0.139. The lowest BCUT2D eigenvalue weighted by molar-refractivity contribution is 0.0430. The van der Waals surface area contributed by atoms with Gasteiger partial charge in [0.15, 0.2) is 6.61 Å². The van der Waals surface area contributed by atoms with Gasteiger partial charge >= 0.3 is 5.97 Å². The second-order valence-corrected chi connectivity index (χ2v) is 5.66. The van der Waals surface area contributed by atoms with Crippen molar-refractivity contribution in [3.05, 3.63) is 84.0 Å². The highest BCUT2D eigenvalue weighted by atomic mass is 19.1. The molecule has 0 aliphatic heterocycles. The fourth-order valence-electron chi connectivity index (χ4n) is 2.56. The summed E-state index contributed by atoms with van der Waals surface area (Å²) in [6, 6.07) is 18.8. The third-order valence-corrected chi connectivity index (χ3v) is 3.88. The van der Waals surface area contributed by atoms with Crippen LogP contribution in [0.1, 0.15) is 16.2 Å². The van der Waals surface area contributed by atoms with Crippen LogP contribution in [0, 0.1) is 5.82 Å². The van der Waals surface area contributed by atoms with Gasteiger partial charge in [-0.2, -0.15) is 4.98 Å². The molecule has 4 rings (SSSR count). The molecule has 0 saturated carbocycles. The number of nitrogens with zero attached hydrogens (tertiary/aromatic N) is 2. The summed E-state index contributed by atoms with van der Waals surface area (Å²) in [5.41, 5.74) is 1.06. The number of hydrogen-bond donors (Lipinski definition) is 0.